The lowest BCUT2D eigenvalue weighted by molar-refractivity contribution is -0.204. The fourth-order valence-corrected chi connectivity index (χ4v) is 8.82. The molecule has 17 heteroatoms. The highest BCUT2D eigenvalue weighted by atomic mass is 31.2. The van der Waals surface area contributed by atoms with E-state index in [1.54, 1.807) is 48.7 Å². The Morgan fingerprint density at radius 3 is 2.19 bits per heavy atom. The van der Waals surface area contributed by atoms with Crippen LogP contribution in [0.5, 0.6) is 5.75 Å². The van der Waals surface area contributed by atoms with Gasteiger partial charge in [-0.25, -0.2) is 14.1 Å². The number of phosphoric ester groups is 1. The van der Waals surface area contributed by atoms with Crippen molar-refractivity contribution in [3.8, 4) is 17.9 Å². The Morgan fingerprint density at radius 1 is 0.903 bits per heavy atom. The van der Waals surface area contributed by atoms with Crippen molar-refractivity contribution < 1.29 is 46.9 Å². The Kier molecular flexibility index (Phi) is 19.4. The van der Waals surface area contributed by atoms with E-state index in [0.29, 0.717) is 34.7 Å². The summed E-state index contributed by atoms with van der Waals surface area (Å²) in [6.07, 6.45) is 18.2. The Hall–Kier alpha value is -3.67. The van der Waals surface area contributed by atoms with E-state index in [1.165, 1.54) is 96.9 Å². The molecule has 3 N–H and O–H groups in total. The summed E-state index contributed by atoms with van der Waals surface area (Å²) in [7, 11) is -3.31. The minimum atomic E-state index is -4.81. The lowest BCUT2D eigenvalue weighted by Crippen LogP contribution is -2.45. The molecule has 2 aliphatic rings. The first-order valence-corrected chi connectivity index (χ1v) is 23.9. The predicted octanol–water partition coefficient (Wildman–Crippen LogP) is 9.04. The number of hydrogen-bond donors (Lipinski definition) is 2. The average molecular weight is 883 g/mol. The first-order valence-electron chi connectivity index (χ1n) is 22.4. The maximum Gasteiger partial charge on any atom is 0.472 e. The Balaban J connectivity index is 1.10. The fourth-order valence-electron chi connectivity index (χ4n) is 8.03. The second-order valence-electron chi connectivity index (χ2n) is 16.7. The Labute approximate surface area is 366 Å². The number of ether oxygens (including phenoxy) is 6. The van der Waals surface area contributed by atoms with Crippen LogP contribution in [-0.4, -0.2) is 82.7 Å². The van der Waals surface area contributed by atoms with E-state index in [9.17, 15) is 20.0 Å². The van der Waals surface area contributed by atoms with Gasteiger partial charge < -0.3 is 39.0 Å². The summed E-state index contributed by atoms with van der Waals surface area (Å²) in [6, 6.07) is 12.7. The summed E-state index contributed by atoms with van der Waals surface area (Å²) >= 11 is 0. The summed E-state index contributed by atoms with van der Waals surface area (Å²) in [4.78, 5) is 15.0. The van der Waals surface area contributed by atoms with Gasteiger partial charge in [-0.3, -0.25) is 9.05 Å². The third-order valence-electron chi connectivity index (χ3n) is 11.4. The van der Waals surface area contributed by atoms with Crippen molar-refractivity contribution in [1.29, 1.82) is 10.5 Å². The molecule has 0 radical (unpaired) electrons. The molecule has 0 bridgehead atoms. The van der Waals surface area contributed by atoms with Crippen LogP contribution in [0.4, 0.5) is 5.82 Å². The van der Waals surface area contributed by atoms with Crippen LogP contribution in [0, 0.1) is 22.7 Å². The topological polar surface area (TPSA) is 215 Å². The van der Waals surface area contributed by atoms with Gasteiger partial charge in [0.05, 0.1) is 44.3 Å². The van der Waals surface area contributed by atoms with Crippen molar-refractivity contribution in [2.75, 3.05) is 39.3 Å². The zero-order valence-corrected chi connectivity index (χ0v) is 37.9. The molecule has 0 aliphatic carbocycles. The maximum absolute atomic E-state index is 13.5. The first-order chi connectivity index (χ1) is 29.9. The van der Waals surface area contributed by atoms with Gasteiger partial charge in [0, 0.05) is 12.2 Å². The zero-order valence-electron chi connectivity index (χ0n) is 37.0. The zero-order chi connectivity index (χ0) is 44.4. The highest BCUT2D eigenvalue weighted by molar-refractivity contribution is 7.47. The van der Waals surface area contributed by atoms with E-state index < -0.39 is 50.2 Å². The van der Waals surface area contributed by atoms with Gasteiger partial charge in [-0.05, 0) is 44.5 Å². The number of hydrogen-bond acceptors (Lipinski definition) is 14. The maximum atomic E-state index is 13.5. The normalized spacial score (nSPS) is 22.0. The van der Waals surface area contributed by atoms with Crippen LogP contribution in [-0.2, 0) is 43.9 Å². The van der Waals surface area contributed by atoms with Gasteiger partial charge in [-0.15, -0.1) is 0 Å². The summed E-state index contributed by atoms with van der Waals surface area (Å²) in [5, 5.41) is 24.2. The number of nitrogens with zero attached hydrogens (tertiary/aromatic N) is 5. The monoisotopic (exact) mass is 882 g/mol. The molecule has 2 aromatic heterocycles. The lowest BCUT2D eigenvalue weighted by Gasteiger charge is -2.29. The number of rotatable bonds is 30. The van der Waals surface area contributed by atoms with Gasteiger partial charge in [0.2, 0.25) is 5.60 Å². The molecule has 5 rings (SSSR count). The third-order valence-corrected chi connectivity index (χ3v) is 12.3. The lowest BCUT2D eigenvalue weighted by atomic mass is 9.96. The van der Waals surface area contributed by atoms with Crippen molar-refractivity contribution in [1.82, 2.24) is 14.6 Å². The number of fused-ring (bicyclic) bond motifs is 2. The minimum Gasteiger partial charge on any atom is -0.496 e. The molecular formula is C45H67N6O10P. The van der Waals surface area contributed by atoms with Crippen LogP contribution >= 0.6 is 7.82 Å². The molecule has 0 saturated carbocycles. The summed E-state index contributed by atoms with van der Waals surface area (Å²) < 4.78 is 62.2. The van der Waals surface area contributed by atoms with Gasteiger partial charge >= 0.3 is 7.82 Å². The second-order valence-corrected chi connectivity index (χ2v) is 18.2. The molecule has 2 fully saturated rings. The molecule has 3 aromatic rings. The smallest absolute Gasteiger partial charge is 0.472 e. The van der Waals surface area contributed by atoms with Gasteiger partial charge in [-0.1, -0.05) is 109 Å². The van der Waals surface area contributed by atoms with Gasteiger partial charge in [-0.2, -0.15) is 15.6 Å². The molecule has 62 heavy (non-hydrogen) atoms. The predicted molar refractivity (Wildman–Crippen MR) is 232 cm³/mol. The van der Waals surface area contributed by atoms with Crippen molar-refractivity contribution >= 4 is 19.2 Å². The standard InChI is InChI=1S/C45H67N6O10P/c1-5-6-7-8-9-10-11-12-13-14-15-16-17-18-19-20-25-55-29-36(56-28-35-22-21-34(27-46)26-39(35)54-4)30-57-62(52,53)58-32-45(31-47)42-41(59-44(2,3)61-42)40(60-45)37-23-24-38-43(48)49-33-50-51(37)38/h21-24,26,33,36,40-42H,5-20,25,28-30,32H2,1-4H3,(H,52,53)(H2,48,49,50)/t36?,40-,41-,42-,45+/m0/s1. The minimum absolute atomic E-state index is 0.0514. The van der Waals surface area contributed by atoms with Crippen molar-refractivity contribution in [2.45, 2.75) is 166 Å². The molecule has 6 atom stereocenters. The highest BCUT2D eigenvalue weighted by Gasteiger charge is 2.65. The summed E-state index contributed by atoms with van der Waals surface area (Å²) in [6.45, 7) is 5.24. The highest BCUT2D eigenvalue weighted by Crippen LogP contribution is 2.52. The molecular weight excluding hydrogens is 816 g/mol. The van der Waals surface area contributed by atoms with E-state index in [1.807, 2.05) is 0 Å². The summed E-state index contributed by atoms with van der Waals surface area (Å²) in [5.41, 5.74) is 6.34. The largest absolute Gasteiger partial charge is 0.496 e. The molecule has 0 amide bonds. The van der Waals surface area contributed by atoms with E-state index in [0.717, 1.165) is 19.3 Å². The number of aromatic nitrogens is 3. The van der Waals surface area contributed by atoms with E-state index in [-0.39, 0.29) is 25.6 Å². The van der Waals surface area contributed by atoms with E-state index in [4.69, 9.17) is 43.2 Å². The van der Waals surface area contributed by atoms with Crippen LogP contribution in [0.1, 0.15) is 146 Å². The molecule has 2 saturated heterocycles. The van der Waals surface area contributed by atoms with Crippen LogP contribution in [0.2, 0.25) is 0 Å². The number of nitrogen functional groups attached to an aromatic ring is 1. The number of benzene rings is 1. The molecule has 4 heterocycles. The number of phosphoric acid groups is 1. The van der Waals surface area contributed by atoms with Crippen molar-refractivity contribution in [3.05, 3.63) is 53.5 Å². The molecule has 16 nitrogen and oxygen atoms in total. The van der Waals surface area contributed by atoms with Gasteiger partial charge in [0.15, 0.2) is 11.6 Å². The fraction of sp³-hybridized carbons (Fsp3) is 0.689. The van der Waals surface area contributed by atoms with Crippen LogP contribution in [0.25, 0.3) is 5.52 Å². The van der Waals surface area contributed by atoms with Crippen LogP contribution in [0.3, 0.4) is 0 Å². The first kappa shape index (κ1) is 49.3. The number of nitrogens with two attached hydrogens (primary N) is 1. The molecule has 1 aromatic carbocycles. The Bertz CT molecular complexity index is 1970. The van der Waals surface area contributed by atoms with E-state index in [2.05, 4.69) is 29.1 Å². The van der Waals surface area contributed by atoms with Gasteiger partial charge in [0.1, 0.15) is 54.7 Å². The van der Waals surface area contributed by atoms with Crippen LogP contribution < -0.4 is 10.5 Å². The Morgan fingerprint density at radius 2 is 1.56 bits per heavy atom. The number of unbranched alkanes of at least 4 members (excludes halogenated alkanes) is 15. The van der Waals surface area contributed by atoms with Crippen molar-refractivity contribution in [2.24, 2.45) is 0 Å². The molecule has 342 valence electrons. The van der Waals surface area contributed by atoms with Gasteiger partial charge in [0.25, 0.3) is 0 Å². The number of methoxy groups -OCH3 is 1. The quantitative estimate of drug-likeness (QED) is 0.0472. The third kappa shape index (κ3) is 14.2. The number of nitriles is 2. The second kappa shape index (κ2) is 24.4. The SMILES string of the molecule is CCCCCCCCCCCCCCCCCCOCC(COP(=O)(O)OC[C@@]1(C#N)O[C@@H](c2ccc3c(N)ncnn23)[C@@H]2OC(C)(C)O[C@@H]21)OCc1ccc(C#N)cc1OC. The number of anilines is 1. The molecule has 2 aliphatic heterocycles. The average Bonchev–Trinajstić information content (AvgIpc) is 3.93. The molecule has 2 unspecified atom stereocenters. The van der Waals surface area contributed by atoms with Crippen LogP contribution in [0.15, 0.2) is 36.7 Å². The van der Waals surface area contributed by atoms with E-state index >= 15 is 0 Å². The molecule has 0 spiro atoms. The summed E-state index contributed by atoms with van der Waals surface area (Å²) in [5.74, 6) is -0.384. The van der Waals surface area contributed by atoms with Crippen molar-refractivity contribution in [3.63, 3.8) is 0 Å².